The zero-order valence-electron chi connectivity index (χ0n) is 8.21. The van der Waals surface area contributed by atoms with Crippen molar-refractivity contribution in [1.82, 2.24) is 4.98 Å². The smallest absolute Gasteiger partial charge is 0.251 e. The first-order valence-corrected chi connectivity index (χ1v) is 5.45. The second kappa shape index (κ2) is 4.06. The van der Waals surface area contributed by atoms with Gasteiger partial charge < -0.3 is 4.74 Å². The standard InChI is InChI=1S/C11H10BrNO2/c1-2-15-11-9-4-3-8(12)5-7(9)6-10(14)13-11/h3-6H,2H2,1H3,(H,13,14). The Morgan fingerprint density at radius 2 is 2.20 bits per heavy atom. The van der Waals surface area contributed by atoms with E-state index in [0.29, 0.717) is 12.5 Å². The highest BCUT2D eigenvalue weighted by molar-refractivity contribution is 9.10. The fourth-order valence-corrected chi connectivity index (χ4v) is 1.85. The predicted octanol–water partition coefficient (Wildman–Crippen LogP) is 2.69. The highest BCUT2D eigenvalue weighted by atomic mass is 79.9. The van der Waals surface area contributed by atoms with E-state index in [4.69, 9.17) is 4.74 Å². The van der Waals surface area contributed by atoms with E-state index < -0.39 is 0 Å². The maximum Gasteiger partial charge on any atom is 0.251 e. The van der Waals surface area contributed by atoms with Crippen molar-refractivity contribution in [3.05, 3.63) is 39.1 Å². The van der Waals surface area contributed by atoms with Gasteiger partial charge in [-0.3, -0.25) is 9.78 Å². The second-order valence-corrected chi connectivity index (χ2v) is 4.04. The second-order valence-electron chi connectivity index (χ2n) is 3.13. The van der Waals surface area contributed by atoms with Crippen LogP contribution in [0.25, 0.3) is 10.8 Å². The molecule has 0 aliphatic rings. The SMILES string of the molecule is CCOc1[nH]c(=O)cc2cc(Br)ccc12. The first-order valence-electron chi connectivity index (χ1n) is 4.66. The summed E-state index contributed by atoms with van der Waals surface area (Å²) < 4.78 is 6.32. The number of aromatic nitrogens is 1. The number of H-pyrrole nitrogens is 1. The monoisotopic (exact) mass is 267 g/mol. The molecule has 0 bridgehead atoms. The third-order valence-electron chi connectivity index (χ3n) is 2.07. The third-order valence-corrected chi connectivity index (χ3v) is 2.56. The Bertz CT molecular complexity index is 548. The van der Waals surface area contributed by atoms with Crippen molar-refractivity contribution < 1.29 is 4.74 Å². The predicted molar refractivity (Wildman–Crippen MR) is 63.4 cm³/mol. The van der Waals surface area contributed by atoms with Crippen LogP contribution in [0, 0.1) is 0 Å². The lowest BCUT2D eigenvalue weighted by atomic mass is 10.2. The maximum absolute atomic E-state index is 11.3. The van der Waals surface area contributed by atoms with Gasteiger partial charge in [0.1, 0.15) is 0 Å². The molecule has 0 radical (unpaired) electrons. The molecule has 1 heterocycles. The molecular weight excluding hydrogens is 258 g/mol. The summed E-state index contributed by atoms with van der Waals surface area (Å²) in [4.78, 5) is 14.0. The Morgan fingerprint density at radius 1 is 1.40 bits per heavy atom. The molecule has 0 spiro atoms. The summed E-state index contributed by atoms with van der Waals surface area (Å²) in [5, 5.41) is 1.79. The van der Waals surface area contributed by atoms with Crippen LogP contribution in [0.1, 0.15) is 6.92 Å². The number of rotatable bonds is 2. The van der Waals surface area contributed by atoms with Crippen LogP contribution < -0.4 is 10.3 Å². The van der Waals surface area contributed by atoms with Gasteiger partial charge in [0, 0.05) is 15.9 Å². The average molecular weight is 268 g/mol. The molecule has 0 unspecified atom stereocenters. The van der Waals surface area contributed by atoms with Gasteiger partial charge in [-0.15, -0.1) is 0 Å². The number of hydrogen-bond donors (Lipinski definition) is 1. The molecule has 0 saturated carbocycles. The number of aromatic amines is 1. The molecule has 78 valence electrons. The largest absolute Gasteiger partial charge is 0.479 e. The van der Waals surface area contributed by atoms with E-state index in [2.05, 4.69) is 20.9 Å². The number of nitrogens with one attached hydrogen (secondary N) is 1. The number of halogens is 1. The number of ether oxygens (including phenoxy) is 1. The summed E-state index contributed by atoms with van der Waals surface area (Å²) in [6.45, 7) is 2.42. The van der Waals surface area contributed by atoms with Crippen LogP contribution in [0.4, 0.5) is 0 Å². The highest BCUT2D eigenvalue weighted by Crippen LogP contribution is 2.24. The summed E-state index contributed by atoms with van der Waals surface area (Å²) in [6.07, 6.45) is 0. The van der Waals surface area contributed by atoms with Crippen molar-refractivity contribution in [1.29, 1.82) is 0 Å². The van der Waals surface area contributed by atoms with Crippen LogP contribution in [-0.4, -0.2) is 11.6 Å². The number of hydrogen-bond acceptors (Lipinski definition) is 2. The van der Waals surface area contributed by atoms with Crippen molar-refractivity contribution >= 4 is 26.7 Å². The third kappa shape index (κ3) is 2.04. The minimum atomic E-state index is -0.149. The van der Waals surface area contributed by atoms with Gasteiger partial charge in [0.15, 0.2) is 0 Å². The molecule has 1 aromatic heterocycles. The fourth-order valence-electron chi connectivity index (χ4n) is 1.47. The van der Waals surface area contributed by atoms with Gasteiger partial charge in [0.25, 0.3) is 5.56 Å². The topological polar surface area (TPSA) is 42.1 Å². The Kier molecular flexibility index (Phi) is 2.77. The molecule has 0 aliphatic heterocycles. The highest BCUT2D eigenvalue weighted by Gasteiger charge is 2.03. The first kappa shape index (κ1) is 10.2. The Balaban J connectivity index is 2.74. The lowest BCUT2D eigenvalue weighted by molar-refractivity contribution is 0.330. The van der Waals surface area contributed by atoms with Crippen molar-refractivity contribution in [3.8, 4) is 5.88 Å². The molecule has 0 aliphatic carbocycles. The molecule has 15 heavy (non-hydrogen) atoms. The minimum absolute atomic E-state index is 0.149. The summed E-state index contributed by atoms with van der Waals surface area (Å²) in [5.41, 5.74) is -0.149. The zero-order valence-corrected chi connectivity index (χ0v) is 9.80. The lowest BCUT2D eigenvalue weighted by Gasteiger charge is -2.06. The van der Waals surface area contributed by atoms with E-state index >= 15 is 0 Å². The minimum Gasteiger partial charge on any atom is -0.479 e. The number of benzene rings is 1. The van der Waals surface area contributed by atoms with Crippen molar-refractivity contribution in [2.24, 2.45) is 0 Å². The molecule has 3 nitrogen and oxygen atoms in total. The van der Waals surface area contributed by atoms with Gasteiger partial charge in [-0.1, -0.05) is 15.9 Å². The van der Waals surface area contributed by atoms with Crippen LogP contribution >= 0.6 is 15.9 Å². The van der Waals surface area contributed by atoms with E-state index in [1.54, 1.807) is 6.07 Å². The van der Waals surface area contributed by atoms with E-state index in [1.807, 2.05) is 25.1 Å². The van der Waals surface area contributed by atoms with Crippen LogP contribution in [0.15, 0.2) is 33.5 Å². The Labute approximate surface area is 95.2 Å². The van der Waals surface area contributed by atoms with Gasteiger partial charge in [0.05, 0.1) is 6.61 Å². The van der Waals surface area contributed by atoms with E-state index in [-0.39, 0.29) is 5.56 Å². The molecule has 4 heteroatoms. The van der Waals surface area contributed by atoms with Crippen LogP contribution in [0.3, 0.4) is 0 Å². The van der Waals surface area contributed by atoms with Gasteiger partial charge in [-0.05, 0) is 30.5 Å². The fraction of sp³-hybridized carbons (Fsp3) is 0.182. The van der Waals surface area contributed by atoms with Crippen molar-refractivity contribution in [2.45, 2.75) is 6.92 Å². The first-order chi connectivity index (χ1) is 7.20. The lowest BCUT2D eigenvalue weighted by Crippen LogP contribution is -2.07. The van der Waals surface area contributed by atoms with Crippen molar-refractivity contribution in [2.75, 3.05) is 6.61 Å². The van der Waals surface area contributed by atoms with E-state index in [0.717, 1.165) is 15.2 Å². The average Bonchev–Trinajstić information content (AvgIpc) is 2.17. The van der Waals surface area contributed by atoms with Crippen LogP contribution in [-0.2, 0) is 0 Å². The Morgan fingerprint density at radius 3 is 2.93 bits per heavy atom. The molecule has 0 fully saturated rings. The van der Waals surface area contributed by atoms with Gasteiger partial charge in [0.2, 0.25) is 5.88 Å². The van der Waals surface area contributed by atoms with Gasteiger partial charge in [-0.25, -0.2) is 0 Å². The molecule has 1 aromatic carbocycles. The van der Waals surface area contributed by atoms with Crippen LogP contribution in [0.5, 0.6) is 5.88 Å². The molecule has 0 saturated heterocycles. The summed E-state index contributed by atoms with van der Waals surface area (Å²) in [6, 6.07) is 7.29. The van der Waals surface area contributed by atoms with Gasteiger partial charge >= 0.3 is 0 Å². The molecule has 0 atom stereocenters. The molecule has 1 N–H and O–H groups in total. The van der Waals surface area contributed by atoms with E-state index in [1.165, 1.54) is 0 Å². The number of pyridine rings is 1. The molecule has 2 aromatic rings. The van der Waals surface area contributed by atoms with Crippen LogP contribution in [0.2, 0.25) is 0 Å². The zero-order chi connectivity index (χ0) is 10.8. The summed E-state index contributed by atoms with van der Waals surface area (Å²) in [7, 11) is 0. The molecular formula is C11H10BrNO2. The molecule has 2 rings (SSSR count). The van der Waals surface area contributed by atoms with E-state index in [9.17, 15) is 4.79 Å². The maximum atomic E-state index is 11.3. The summed E-state index contributed by atoms with van der Waals surface area (Å²) in [5.74, 6) is 0.535. The number of fused-ring (bicyclic) bond motifs is 1. The van der Waals surface area contributed by atoms with Crippen molar-refractivity contribution in [3.63, 3.8) is 0 Å². The molecule has 0 amide bonds. The van der Waals surface area contributed by atoms with Gasteiger partial charge in [-0.2, -0.15) is 0 Å². The Hall–Kier alpha value is -1.29. The normalized spacial score (nSPS) is 10.5. The quantitative estimate of drug-likeness (QED) is 0.909. The summed E-state index contributed by atoms with van der Waals surface area (Å²) >= 11 is 3.37.